The molecule has 1 aliphatic heterocycles. The molecule has 148 valence electrons. The van der Waals surface area contributed by atoms with Gasteiger partial charge in [0.05, 0.1) is 18.0 Å². The predicted molar refractivity (Wildman–Crippen MR) is 115 cm³/mol. The van der Waals surface area contributed by atoms with E-state index in [-0.39, 0.29) is 18.0 Å². The van der Waals surface area contributed by atoms with Crippen LogP contribution >= 0.6 is 12.2 Å². The third-order valence-electron chi connectivity index (χ3n) is 5.03. The second-order valence-corrected chi connectivity index (χ2v) is 7.34. The van der Waals surface area contributed by atoms with Crippen LogP contribution < -0.4 is 10.6 Å². The highest BCUT2D eigenvalue weighted by atomic mass is 32.1. The van der Waals surface area contributed by atoms with Crippen molar-refractivity contribution in [3.8, 4) is 0 Å². The third-order valence-corrected chi connectivity index (χ3v) is 5.38. The minimum atomic E-state index is -0.168. The van der Waals surface area contributed by atoms with Crippen molar-refractivity contribution in [2.75, 3.05) is 11.9 Å². The fraction of sp³-hybridized carbons (Fsp3) is 0.227. The molecule has 1 fully saturated rings. The number of thiocarbonyl (C=S) groups is 1. The van der Waals surface area contributed by atoms with E-state index in [1.54, 1.807) is 12.5 Å². The van der Waals surface area contributed by atoms with Gasteiger partial charge in [-0.05, 0) is 55.0 Å². The summed E-state index contributed by atoms with van der Waals surface area (Å²) < 4.78 is 5.70. The molecule has 2 aromatic heterocycles. The number of hydrogen-bond acceptors (Lipinski definition) is 4. The van der Waals surface area contributed by atoms with Crippen LogP contribution in [-0.2, 0) is 4.79 Å². The molecule has 1 amide bonds. The molecule has 3 heterocycles. The monoisotopic (exact) mass is 406 g/mol. The highest BCUT2D eigenvalue weighted by Crippen LogP contribution is 2.38. The number of anilines is 1. The normalized spacial score (nSPS) is 18.5. The van der Waals surface area contributed by atoms with E-state index in [1.165, 1.54) is 0 Å². The minimum absolute atomic E-state index is 0.0541. The fourth-order valence-electron chi connectivity index (χ4n) is 3.56. The molecule has 0 unspecified atom stereocenters. The molecule has 1 aromatic carbocycles. The molecule has 4 rings (SSSR count). The van der Waals surface area contributed by atoms with Crippen molar-refractivity contribution in [2.24, 2.45) is 0 Å². The fourth-order valence-corrected chi connectivity index (χ4v) is 3.89. The van der Waals surface area contributed by atoms with Crippen LogP contribution in [0.25, 0.3) is 0 Å². The summed E-state index contributed by atoms with van der Waals surface area (Å²) in [6.45, 7) is 2.44. The van der Waals surface area contributed by atoms with Gasteiger partial charge in [0.1, 0.15) is 11.8 Å². The second kappa shape index (κ2) is 8.45. The van der Waals surface area contributed by atoms with E-state index >= 15 is 0 Å². The van der Waals surface area contributed by atoms with Crippen molar-refractivity contribution < 1.29 is 9.21 Å². The third kappa shape index (κ3) is 4.14. The average Bonchev–Trinajstić information content (AvgIpc) is 3.36. The largest absolute Gasteiger partial charge is 0.467 e. The van der Waals surface area contributed by atoms with Crippen LogP contribution in [0.15, 0.2) is 71.5 Å². The topological polar surface area (TPSA) is 70.4 Å². The second-order valence-electron chi connectivity index (χ2n) is 6.95. The van der Waals surface area contributed by atoms with Crippen LogP contribution in [-0.4, -0.2) is 27.4 Å². The number of benzene rings is 1. The summed E-state index contributed by atoms with van der Waals surface area (Å²) in [4.78, 5) is 19.0. The molecular weight excluding hydrogens is 384 g/mol. The van der Waals surface area contributed by atoms with E-state index in [0.717, 1.165) is 22.7 Å². The summed E-state index contributed by atoms with van der Waals surface area (Å²) in [5.41, 5.74) is 2.74. The summed E-state index contributed by atoms with van der Waals surface area (Å²) in [7, 11) is 0. The van der Waals surface area contributed by atoms with Gasteiger partial charge in [-0.3, -0.25) is 9.78 Å². The van der Waals surface area contributed by atoms with Crippen LogP contribution in [0.1, 0.15) is 35.5 Å². The van der Waals surface area contributed by atoms with Gasteiger partial charge in [0.2, 0.25) is 5.91 Å². The van der Waals surface area contributed by atoms with E-state index in [1.807, 2.05) is 66.4 Å². The molecule has 6 nitrogen and oxygen atoms in total. The molecule has 7 heteroatoms. The molecule has 0 saturated carbocycles. The molecule has 3 aromatic rings. The molecule has 0 radical (unpaired) electrons. The number of amides is 1. The van der Waals surface area contributed by atoms with Gasteiger partial charge < -0.3 is 20.0 Å². The first-order chi connectivity index (χ1) is 14.1. The Morgan fingerprint density at radius 1 is 1.21 bits per heavy atom. The number of carbonyl (C=O) groups is 1. The molecule has 29 heavy (non-hydrogen) atoms. The van der Waals surface area contributed by atoms with Gasteiger partial charge in [0.15, 0.2) is 5.11 Å². The van der Waals surface area contributed by atoms with Crippen molar-refractivity contribution in [1.82, 2.24) is 15.2 Å². The quantitative estimate of drug-likeness (QED) is 0.604. The number of hydrogen-bond donors (Lipinski definition) is 2. The van der Waals surface area contributed by atoms with Crippen molar-refractivity contribution in [3.63, 3.8) is 0 Å². The van der Waals surface area contributed by atoms with E-state index in [2.05, 4.69) is 15.6 Å². The number of aromatic nitrogens is 1. The number of furan rings is 1. The van der Waals surface area contributed by atoms with Crippen molar-refractivity contribution in [1.29, 1.82) is 0 Å². The highest BCUT2D eigenvalue weighted by molar-refractivity contribution is 7.80. The zero-order valence-corrected chi connectivity index (χ0v) is 16.9. The van der Waals surface area contributed by atoms with Gasteiger partial charge in [-0.1, -0.05) is 24.3 Å². The summed E-state index contributed by atoms with van der Waals surface area (Å²) in [6, 6.07) is 17.0. The Kier molecular flexibility index (Phi) is 5.57. The van der Waals surface area contributed by atoms with Crippen molar-refractivity contribution >= 4 is 28.9 Å². The average molecular weight is 407 g/mol. The Hall–Kier alpha value is -3.19. The molecule has 0 bridgehead atoms. The molecule has 2 N–H and O–H groups in total. The zero-order chi connectivity index (χ0) is 20.2. The van der Waals surface area contributed by atoms with Crippen LogP contribution in [0.2, 0.25) is 0 Å². The standard InChI is InChI=1S/C22H22N4O2S/c1-15-7-2-3-8-16(15)24-19(27)11-13-26-21(18-10-6-14-28-18)20(25-22(26)29)17-9-4-5-12-23-17/h2-10,12,14,20-21H,11,13H2,1H3,(H,24,27)(H,25,29)/t20-,21-/m1/s1. The number of rotatable bonds is 6. The Labute approximate surface area is 174 Å². The SMILES string of the molecule is Cc1ccccc1NC(=O)CCN1C(=S)N[C@H](c2ccccn2)[C@H]1c1ccco1. The number of nitrogens with one attached hydrogen (secondary N) is 2. The predicted octanol–water partition coefficient (Wildman–Crippen LogP) is 3.98. The zero-order valence-electron chi connectivity index (χ0n) is 16.0. The van der Waals surface area contributed by atoms with Crippen molar-refractivity contribution in [3.05, 3.63) is 84.1 Å². The van der Waals surface area contributed by atoms with Gasteiger partial charge in [0.25, 0.3) is 0 Å². The first-order valence-corrected chi connectivity index (χ1v) is 9.91. The summed E-state index contributed by atoms with van der Waals surface area (Å²) in [6.07, 6.45) is 3.72. The van der Waals surface area contributed by atoms with Crippen LogP contribution in [0.4, 0.5) is 5.69 Å². The maximum absolute atomic E-state index is 12.5. The lowest BCUT2D eigenvalue weighted by molar-refractivity contribution is -0.116. The van der Waals surface area contributed by atoms with Gasteiger partial charge in [0, 0.05) is 24.8 Å². The van der Waals surface area contributed by atoms with Crippen molar-refractivity contribution in [2.45, 2.75) is 25.4 Å². The Morgan fingerprint density at radius 3 is 2.76 bits per heavy atom. The number of carbonyl (C=O) groups excluding carboxylic acids is 1. The lowest BCUT2D eigenvalue weighted by Crippen LogP contribution is -2.32. The maximum Gasteiger partial charge on any atom is 0.226 e. The minimum Gasteiger partial charge on any atom is -0.467 e. The Bertz CT molecular complexity index is 991. The molecule has 0 spiro atoms. The first-order valence-electron chi connectivity index (χ1n) is 9.50. The van der Waals surface area contributed by atoms with E-state index in [4.69, 9.17) is 16.6 Å². The number of aryl methyl sites for hydroxylation is 1. The van der Waals surface area contributed by atoms with Crippen LogP contribution in [0, 0.1) is 6.92 Å². The Morgan fingerprint density at radius 2 is 2.03 bits per heavy atom. The lowest BCUT2D eigenvalue weighted by Gasteiger charge is -2.25. The molecule has 2 atom stereocenters. The Balaban J connectivity index is 1.50. The number of pyridine rings is 1. The first kappa shape index (κ1) is 19.1. The molecule has 1 saturated heterocycles. The van der Waals surface area contributed by atoms with Crippen LogP contribution in [0.5, 0.6) is 0 Å². The highest BCUT2D eigenvalue weighted by Gasteiger charge is 2.41. The van der Waals surface area contributed by atoms with E-state index in [9.17, 15) is 4.79 Å². The molecule has 1 aliphatic rings. The summed E-state index contributed by atoms with van der Waals surface area (Å²) in [5.74, 6) is 0.730. The molecule has 0 aliphatic carbocycles. The summed E-state index contributed by atoms with van der Waals surface area (Å²) in [5, 5.41) is 6.91. The summed E-state index contributed by atoms with van der Waals surface area (Å²) >= 11 is 5.58. The van der Waals surface area contributed by atoms with Crippen LogP contribution in [0.3, 0.4) is 0 Å². The van der Waals surface area contributed by atoms with Gasteiger partial charge in [-0.25, -0.2) is 0 Å². The smallest absolute Gasteiger partial charge is 0.226 e. The maximum atomic E-state index is 12.5. The van der Waals surface area contributed by atoms with Gasteiger partial charge in [-0.15, -0.1) is 0 Å². The number of nitrogens with zero attached hydrogens (tertiary/aromatic N) is 2. The van der Waals surface area contributed by atoms with E-state index in [0.29, 0.717) is 18.1 Å². The number of para-hydroxylation sites is 1. The molecular formula is C22H22N4O2S. The van der Waals surface area contributed by atoms with Gasteiger partial charge >= 0.3 is 0 Å². The van der Waals surface area contributed by atoms with E-state index < -0.39 is 0 Å². The van der Waals surface area contributed by atoms with Gasteiger partial charge in [-0.2, -0.15) is 0 Å². The lowest BCUT2D eigenvalue weighted by atomic mass is 10.0.